The first-order valence-corrected chi connectivity index (χ1v) is 7.58. The van der Waals surface area contributed by atoms with E-state index in [4.69, 9.17) is 23.2 Å². The molecular weight excluding hydrogens is 297 g/mol. The van der Waals surface area contributed by atoms with Gasteiger partial charge in [-0.2, -0.15) is 4.31 Å². The third-order valence-corrected chi connectivity index (χ3v) is 6.01. The van der Waals surface area contributed by atoms with E-state index in [0.29, 0.717) is 16.1 Å². The van der Waals surface area contributed by atoms with Crippen LogP contribution in [0.5, 0.6) is 0 Å². The number of aliphatic hydroxyl groups excluding tert-OH is 1. The molecule has 1 heterocycles. The fourth-order valence-electron chi connectivity index (χ4n) is 1.86. The Hall–Kier alpha value is -0.330. The van der Waals surface area contributed by atoms with E-state index in [1.165, 1.54) is 4.31 Å². The molecule has 1 aromatic rings. The summed E-state index contributed by atoms with van der Waals surface area (Å²) in [5, 5.41) is 9.78. The van der Waals surface area contributed by atoms with Gasteiger partial charge < -0.3 is 5.11 Å². The summed E-state index contributed by atoms with van der Waals surface area (Å²) in [5.41, 5.74) is 1.06. The van der Waals surface area contributed by atoms with Gasteiger partial charge in [0.25, 0.3) is 0 Å². The molecular formula is C11H13Cl2NO3S. The van der Waals surface area contributed by atoms with Crippen molar-refractivity contribution in [1.82, 2.24) is 4.31 Å². The zero-order valence-electron chi connectivity index (χ0n) is 9.94. The SMILES string of the molecule is Cc1cc(Cl)c(C)c(S(=O)(=O)N2CC(O)C2)c1Cl. The molecule has 18 heavy (non-hydrogen) atoms. The van der Waals surface area contributed by atoms with Crippen LogP contribution in [0.3, 0.4) is 0 Å². The number of hydrogen-bond donors (Lipinski definition) is 1. The van der Waals surface area contributed by atoms with Crippen molar-refractivity contribution < 1.29 is 13.5 Å². The van der Waals surface area contributed by atoms with Gasteiger partial charge in [0, 0.05) is 18.1 Å². The molecule has 4 nitrogen and oxygen atoms in total. The van der Waals surface area contributed by atoms with Crippen molar-refractivity contribution in [2.75, 3.05) is 13.1 Å². The summed E-state index contributed by atoms with van der Waals surface area (Å²) in [6.07, 6.45) is -0.598. The van der Waals surface area contributed by atoms with Crippen molar-refractivity contribution in [2.24, 2.45) is 0 Å². The molecule has 0 atom stereocenters. The number of aryl methyl sites for hydroxylation is 1. The van der Waals surface area contributed by atoms with Crippen LogP contribution in [0.2, 0.25) is 10.0 Å². The van der Waals surface area contributed by atoms with Gasteiger partial charge in [-0.25, -0.2) is 8.42 Å². The molecule has 0 saturated carbocycles. The van der Waals surface area contributed by atoms with Crippen molar-refractivity contribution >= 4 is 33.2 Å². The van der Waals surface area contributed by atoms with Crippen molar-refractivity contribution in [3.63, 3.8) is 0 Å². The Kier molecular flexibility index (Phi) is 3.64. The van der Waals surface area contributed by atoms with Gasteiger partial charge in [-0.1, -0.05) is 23.2 Å². The van der Waals surface area contributed by atoms with Gasteiger partial charge in [0.05, 0.1) is 11.1 Å². The Bertz CT molecular complexity index is 569. The molecule has 1 saturated heterocycles. The average Bonchev–Trinajstić information content (AvgIpc) is 2.22. The molecule has 7 heteroatoms. The highest BCUT2D eigenvalue weighted by Gasteiger charge is 2.38. The normalized spacial score (nSPS) is 17.8. The molecule has 100 valence electrons. The van der Waals surface area contributed by atoms with Crippen LogP contribution in [0.15, 0.2) is 11.0 Å². The number of rotatable bonds is 2. The second-order valence-electron chi connectivity index (χ2n) is 4.42. The van der Waals surface area contributed by atoms with E-state index in [2.05, 4.69) is 0 Å². The minimum atomic E-state index is -3.68. The van der Waals surface area contributed by atoms with E-state index in [9.17, 15) is 13.5 Å². The van der Waals surface area contributed by atoms with Gasteiger partial charge in [-0.05, 0) is 31.0 Å². The molecule has 1 aliphatic heterocycles. The van der Waals surface area contributed by atoms with E-state index < -0.39 is 16.1 Å². The predicted molar refractivity (Wildman–Crippen MR) is 70.7 cm³/mol. The van der Waals surface area contributed by atoms with Crippen molar-refractivity contribution in [1.29, 1.82) is 0 Å². The topological polar surface area (TPSA) is 57.6 Å². The number of aliphatic hydroxyl groups is 1. The Labute approximate surface area is 116 Å². The first-order valence-electron chi connectivity index (χ1n) is 5.38. The first-order chi connectivity index (χ1) is 8.25. The molecule has 1 fully saturated rings. The summed E-state index contributed by atoms with van der Waals surface area (Å²) < 4.78 is 26.0. The molecule has 0 spiro atoms. The molecule has 0 amide bonds. The summed E-state index contributed by atoms with van der Waals surface area (Å²) in [6.45, 7) is 3.53. The van der Waals surface area contributed by atoms with Crippen LogP contribution < -0.4 is 0 Å². The van der Waals surface area contributed by atoms with Gasteiger partial charge in [0.1, 0.15) is 4.90 Å². The van der Waals surface area contributed by atoms with Crippen LogP contribution in [0, 0.1) is 13.8 Å². The second-order valence-corrected chi connectivity index (χ2v) is 7.08. The van der Waals surface area contributed by atoms with Crippen LogP contribution in [0.25, 0.3) is 0 Å². The highest BCUT2D eigenvalue weighted by atomic mass is 35.5. The Morgan fingerprint density at radius 3 is 2.39 bits per heavy atom. The van der Waals surface area contributed by atoms with E-state index in [1.54, 1.807) is 19.9 Å². The molecule has 0 bridgehead atoms. The molecule has 1 N–H and O–H groups in total. The number of halogens is 2. The van der Waals surface area contributed by atoms with E-state index in [0.717, 1.165) is 0 Å². The standard InChI is InChI=1S/C11H13Cl2NO3S/c1-6-3-9(12)7(2)11(10(6)13)18(16,17)14-4-8(15)5-14/h3,8,15H,4-5H2,1-2H3. The van der Waals surface area contributed by atoms with Crippen molar-refractivity contribution in [3.8, 4) is 0 Å². The molecule has 0 aromatic heterocycles. The number of β-amino-alcohol motifs (C(OH)–C–C–N with tert-alkyl or cyclic N) is 1. The maximum atomic E-state index is 12.4. The smallest absolute Gasteiger partial charge is 0.245 e. The van der Waals surface area contributed by atoms with Crippen LogP contribution in [-0.4, -0.2) is 37.0 Å². The van der Waals surface area contributed by atoms with Crippen LogP contribution in [-0.2, 0) is 10.0 Å². The lowest BCUT2D eigenvalue weighted by Crippen LogP contribution is -2.53. The Balaban J connectivity index is 2.58. The maximum absolute atomic E-state index is 12.4. The third kappa shape index (κ3) is 2.14. The highest BCUT2D eigenvalue weighted by molar-refractivity contribution is 7.89. The summed E-state index contributed by atoms with van der Waals surface area (Å²) >= 11 is 12.1. The summed E-state index contributed by atoms with van der Waals surface area (Å²) in [6, 6.07) is 1.64. The number of sulfonamides is 1. The van der Waals surface area contributed by atoms with Crippen LogP contribution in [0.4, 0.5) is 0 Å². The largest absolute Gasteiger partial charge is 0.390 e. The van der Waals surface area contributed by atoms with Crippen molar-refractivity contribution in [3.05, 3.63) is 27.2 Å². The Morgan fingerprint density at radius 2 is 1.89 bits per heavy atom. The fraction of sp³-hybridized carbons (Fsp3) is 0.455. The third-order valence-electron chi connectivity index (χ3n) is 3.01. The minimum Gasteiger partial charge on any atom is -0.390 e. The zero-order chi connectivity index (χ0) is 13.7. The van der Waals surface area contributed by atoms with E-state index in [1.807, 2.05) is 0 Å². The highest BCUT2D eigenvalue weighted by Crippen LogP contribution is 2.36. The summed E-state index contributed by atoms with van der Waals surface area (Å²) in [7, 11) is -3.68. The quantitative estimate of drug-likeness (QED) is 0.908. The van der Waals surface area contributed by atoms with E-state index >= 15 is 0 Å². The summed E-state index contributed by atoms with van der Waals surface area (Å²) in [4.78, 5) is 0.0427. The number of nitrogens with zero attached hydrogens (tertiary/aromatic N) is 1. The fourth-order valence-corrected chi connectivity index (χ4v) is 4.54. The molecule has 0 aliphatic carbocycles. The molecule has 1 aromatic carbocycles. The van der Waals surface area contributed by atoms with Crippen LogP contribution in [0.1, 0.15) is 11.1 Å². The van der Waals surface area contributed by atoms with Gasteiger partial charge in [0.15, 0.2) is 0 Å². The van der Waals surface area contributed by atoms with Gasteiger partial charge in [-0.3, -0.25) is 0 Å². The predicted octanol–water partition coefficient (Wildman–Crippen LogP) is 1.98. The van der Waals surface area contributed by atoms with Gasteiger partial charge >= 0.3 is 0 Å². The molecule has 0 radical (unpaired) electrons. The van der Waals surface area contributed by atoms with Gasteiger partial charge in [-0.15, -0.1) is 0 Å². The average molecular weight is 310 g/mol. The molecule has 2 rings (SSSR count). The maximum Gasteiger partial charge on any atom is 0.245 e. The second kappa shape index (κ2) is 4.65. The number of hydrogen-bond acceptors (Lipinski definition) is 3. The summed E-state index contributed by atoms with van der Waals surface area (Å²) in [5.74, 6) is 0. The van der Waals surface area contributed by atoms with E-state index in [-0.39, 0.29) is 23.0 Å². The lowest BCUT2D eigenvalue weighted by Gasteiger charge is -2.35. The van der Waals surface area contributed by atoms with Crippen LogP contribution >= 0.6 is 23.2 Å². The van der Waals surface area contributed by atoms with Gasteiger partial charge in [0.2, 0.25) is 10.0 Å². The minimum absolute atomic E-state index is 0.0427. The monoisotopic (exact) mass is 309 g/mol. The zero-order valence-corrected chi connectivity index (χ0v) is 12.3. The lowest BCUT2D eigenvalue weighted by atomic mass is 10.2. The lowest BCUT2D eigenvalue weighted by molar-refractivity contribution is 0.0547. The molecule has 1 aliphatic rings. The number of benzene rings is 1. The van der Waals surface area contributed by atoms with Crippen molar-refractivity contribution in [2.45, 2.75) is 24.8 Å². The molecule has 0 unspecified atom stereocenters. The first kappa shape index (κ1) is 14.1. The Morgan fingerprint density at radius 1 is 1.33 bits per heavy atom.